The Balaban J connectivity index is 1.87. The smallest absolute Gasteiger partial charge is 0.251 e. The normalized spacial score (nSPS) is 17.4. The van der Waals surface area contributed by atoms with Crippen LogP contribution in [0.5, 0.6) is 0 Å². The van der Waals surface area contributed by atoms with Gasteiger partial charge in [0.1, 0.15) is 5.82 Å². The summed E-state index contributed by atoms with van der Waals surface area (Å²) in [6.07, 6.45) is 1.79. The second-order valence-corrected chi connectivity index (χ2v) is 7.56. The summed E-state index contributed by atoms with van der Waals surface area (Å²) in [5.41, 5.74) is 0.405. The highest BCUT2D eigenvalue weighted by atomic mass is 32.2. The van der Waals surface area contributed by atoms with E-state index >= 15 is 0 Å². The Hall–Kier alpha value is -1.47. The van der Waals surface area contributed by atoms with Crippen molar-refractivity contribution in [2.75, 3.05) is 18.8 Å². The van der Waals surface area contributed by atoms with Gasteiger partial charge in [0.2, 0.25) is 10.0 Å². The molecule has 0 spiro atoms. The fraction of sp³-hybridized carbons (Fsp3) is 0.533. The molecule has 1 amide bonds. The SMILES string of the molecule is CCCS(=O)(=O)N1CCC(NC(=O)c2ccc(F)cc2)CC1. The standard InChI is InChI=1S/C15H21FN2O3S/c1-2-11-22(20,21)18-9-7-14(8-10-18)17-15(19)12-3-5-13(16)6-4-12/h3-6,14H,2,7-11H2,1H3,(H,17,19). The van der Waals surface area contributed by atoms with Gasteiger partial charge in [-0.2, -0.15) is 0 Å². The number of hydrogen-bond donors (Lipinski definition) is 1. The van der Waals surface area contributed by atoms with Gasteiger partial charge in [0.25, 0.3) is 5.91 Å². The predicted molar refractivity (Wildman–Crippen MR) is 82.5 cm³/mol. The molecule has 1 heterocycles. The third-order valence-corrected chi connectivity index (χ3v) is 5.83. The third-order valence-electron chi connectivity index (χ3n) is 3.75. The zero-order valence-corrected chi connectivity index (χ0v) is 13.4. The maximum absolute atomic E-state index is 12.8. The highest BCUT2D eigenvalue weighted by Gasteiger charge is 2.28. The number of carbonyl (C=O) groups excluding carboxylic acids is 1. The molecule has 1 aromatic carbocycles. The highest BCUT2D eigenvalue weighted by Crippen LogP contribution is 2.15. The molecule has 0 bridgehead atoms. The monoisotopic (exact) mass is 328 g/mol. The van der Waals surface area contributed by atoms with Crippen LogP contribution in [0, 0.1) is 5.82 Å². The van der Waals surface area contributed by atoms with Gasteiger partial charge in [0, 0.05) is 24.7 Å². The Morgan fingerprint density at radius 1 is 1.27 bits per heavy atom. The summed E-state index contributed by atoms with van der Waals surface area (Å²) in [5, 5.41) is 2.88. The molecule has 0 aromatic heterocycles. The lowest BCUT2D eigenvalue weighted by Crippen LogP contribution is -2.47. The quantitative estimate of drug-likeness (QED) is 0.896. The zero-order chi connectivity index (χ0) is 16.2. The van der Waals surface area contributed by atoms with E-state index in [1.54, 1.807) is 0 Å². The van der Waals surface area contributed by atoms with E-state index in [9.17, 15) is 17.6 Å². The first-order valence-corrected chi connectivity index (χ1v) is 9.07. The minimum atomic E-state index is -3.16. The van der Waals surface area contributed by atoms with Crippen molar-refractivity contribution in [2.24, 2.45) is 0 Å². The number of benzene rings is 1. The van der Waals surface area contributed by atoms with E-state index in [0.717, 1.165) is 0 Å². The predicted octanol–water partition coefficient (Wildman–Crippen LogP) is 1.76. The zero-order valence-electron chi connectivity index (χ0n) is 12.6. The summed E-state index contributed by atoms with van der Waals surface area (Å²) in [6.45, 7) is 2.70. The molecule has 0 radical (unpaired) electrons. The van der Waals surface area contributed by atoms with E-state index in [0.29, 0.717) is 37.9 Å². The maximum Gasteiger partial charge on any atom is 0.251 e. The van der Waals surface area contributed by atoms with Gasteiger partial charge < -0.3 is 5.32 Å². The molecule has 5 nitrogen and oxygen atoms in total. The molecule has 1 aliphatic heterocycles. The molecule has 1 N–H and O–H groups in total. The maximum atomic E-state index is 12.8. The highest BCUT2D eigenvalue weighted by molar-refractivity contribution is 7.89. The minimum Gasteiger partial charge on any atom is -0.349 e. The van der Waals surface area contributed by atoms with Crippen molar-refractivity contribution in [3.8, 4) is 0 Å². The van der Waals surface area contributed by atoms with E-state index in [-0.39, 0.29) is 23.5 Å². The summed E-state index contributed by atoms with van der Waals surface area (Å²) < 4.78 is 38.3. The van der Waals surface area contributed by atoms with Crippen LogP contribution in [0.4, 0.5) is 4.39 Å². The number of nitrogens with one attached hydrogen (secondary N) is 1. The van der Waals surface area contributed by atoms with Gasteiger partial charge in [-0.1, -0.05) is 6.92 Å². The van der Waals surface area contributed by atoms with Crippen molar-refractivity contribution in [1.29, 1.82) is 0 Å². The summed E-state index contributed by atoms with van der Waals surface area (Å²) in [4.78, 5) is 12.0. The molecule has 0 saturated carbocycles. The van der Waals surface area contributed by atoms with Crippen LogP contribution in [0.2, 0.25) is 0 Å². The van der Waals surface area contributed by atoms with Crippen molar-refractivity contribution in [1.82, 2.24) is 9.62 Å². The Labute approximate surface area is 130 Å². The Morgan fingerprint density at radius 2 is 1.86 bits per heavy atom. The first-order valence-electron chi connectivity index (χ1n) is 7.46. The molecule has 22 heavy (non-hydrogen) atoms. The molecule has 0 unspecified atom stereocenters. The van der Waals surface area contributed by atoms with Crippen LogP contribution in [0.1, 0.15) is 36.5 Å². The lowest BCUT2D eigenvalue weighted by molar-refractivity contribution is 0.0924. The topological polar surface area (TPSA) is 66.5 Å². The molecule has 0 aliphatic carbocycles. The van der Waals surface area contributed by atoms with Gasteiger partial charge in [0.15, 0.2) is 0 Å². The number of carbonyl (C=O) groups is 1. The van der Waals surface area contributed by atoms with Crippen LogP contribution in [0.15, 0.2) is 24.3 Å². The lowest BCUT2D eigenvalue weighted by atomic mass is 10.1. The Morgan fingerprint density at radius 3 is 2.41 bits per heavy atom. The number of piperidine rings is 1. The van der Waals surface area contributed by atoms with Crippen LogP contribution in [0.3, 0.4) is 0 Å². The summed E-state index contributed by atoms with van der Waals surface area (Å²) in [7, 11) is -3.16. The van der Waals surface area contributed by atoms with Gasteiger partial charge in [-0.05, 0) is 43.5 Å². The summed E-state index contributed by atoms with van der Waals surface area (Å²) >= 11 is 0. The molecule has 2 rings (SSSR count). The minimum absolute atomic E-state index is 0.0503. The van der Waals surface area contributed by atoms with Crippen LogP contribution in [-0.4, -0.2) is 43.5 Å². The van der Waals surface area contributed by atoms with Crippen molar-refractivity contribution >= 4 is 15.9 Å². The largest absolute Gasteiger partial charge is 0.349 e. The molecular formula is C15H21FN2O3S. The average Bonchev–Trinajstić information content (AvgIpc) is 2.48. The molecular weight excluding hydrogens is 307 g/mol. The summed E-state index contributed by atoms with van der Waals surface area (Å²) in [6, 6.07) is 5.31. The molecule has 0 atom stereocenters. The Kier molecular flexibility index (Phi) is 5.52. The number of hydrogen-bond acceptors (Lipinski definition) is 3. The average molecular weight is 328 g/mol. The van der Waals surface area contributed by atoms with Gasteiger partial charge in [0.05, 0.1) is 5.75 Å². The number of rotatable bonds is 5. The van der Waals surface area contributed by atoms with Crippen LogP contribution < -0.4 is 5.32 Å². The molecule has 122 valence electrons. The second kappa shape index (κ2) is 7.19. The number of amides is 1. The molecule has 1 aliphatic rings. The summed E-state index contributed by atoms with van der Waals surface area (Å²) in [5.74, 6) is -0.472. The van der Waals surface area contributed by atoms with Crippen molar-refractivity contribution in [3.63, 3.8) is 0 Å². The van der Waals surface area contributed by atoms with E-state index in [4.69, 9.17) is 0 Å². The van der Waals surface area contributed by atoms with Gasteiger partial charge in [-0.15, -0.1) is 0 Å². The second-order valence-electron chi connectivity index (χ2n) is 5.47. The van der Waals surface area contributed by atoms with E-state index in [2.05, 4.69) is 5.32 Å². The third kappa shape index (κ3) is 4.27. The molecule has 1 saturated heterocycles. The van der Waals surface area contributed by atoms with E-state index in [1.165, 1.54) is 28.6 Å². The van der Waals surface area contributed by atoms with Gasteiger partial charge in [-0.3, -0.25) is 4.79 Å². The van der Waals surface area contributed by atoms with Crippen LogP contribution >= 0.6 is 0 Å². The molecule has 1 aromatic rings. The van der Waals surface area contributed by atoms with Crippen molar-refractivity contribution in [3.05, 3.63) is 35.6 Å². The molecule has 7 heteroatoms. The van der Waals surface area contributed by atoms with Crippen molar-refractivity contribution in [2.45, 2.75) is 32.2 Å². The van der Waals surface area contributed by atoms with E-state index < -0.39 is 10.0 Å². The first kappa shape index (κ1) is 16.9. The van der Waals surface area contributed by atoms with Crippen LogP contribution in [-0.2, 0) is 10.0 Å². The number of halogens is 1. The Bertz CT molecular complexity index is 608. The van der Waals surface area contributed by atoms with Crippen molar-refractivity contribution < 1.29 is 17.6 Å². The van der Waals surface area contributed by atoms with Crippen LogP contribution in [0.25, 0.3) is 0 Å². The van der Waals surface area contributed by atoms with Gasteiger partial charge in [-0.25, -0.2) is 17.1 Å². The lowest BCUT2D eigenvalue weighted by Gasteiger charge is -2.31. The number of nitrogens with zero attached hydrogens (tertiary/aromatic N) is 1. The number of sulfonamides is 1. The first-order chi connectivity index (χ1) is 10.4. The van der Waals surface area contributed by atoms with Gasteiger partial charge >= 0.3 is 0 Å². The van der Waals surface area contributed by atoms with E-state index in [1.807, 2.05) is 6.92 Å². The fourth-order valence-corrected chi connectivity index (χ4v) is 4.08. The molecule has 1 fully saturated rings. The fourth-order valence-electron chi connectivity index (χ4n) is 2.54.